The van der Waals surface area contributed by atoms with E-state index in [1.165, 1.54) is 5.56 Å². The van der Waals surface area contributed by atoms with Crippen LogP contribution in [0, 0.1) is 0 Å². The number of hydrogen-bond donors (Lipinski definition) is 2. The van der Waals surface area contributed by atoms with Crippen LogP contribution in [0.4, 0.5) is 0 Å². The van der Waals surface area contributed by atoms with E-state index in [9.17, 15) is 0 Å². The van der Waals surface area contributed by atoms with Crippen molar-refractivity contribution in [3.63, 3.8) is 0 Å². The van der Waals surface area contributed by atoms with Gasteiger partial charge in [-0.05, 0) is 18.1 Å². The number of benzene rings is 1. The molecule has 138 valence electrons. The van der Waals surface area contributed by atoms with E-state index in [1.54, 1.807) is 7.05 Å². The Balaban J connectivity index is 1.56. The standard InChI is InChI=1S/C20H26N4O2/c1-3-11-26-19-9-8-15(13-22-19)14-23-20(21-2)24-17-10-12-25-18-7-5-4-6-16(17)18/h4-9,13,17H,3,10-12,14H2,1-2H3,(H2,21,23,24). The van der Waals surface area contributed by atoms with Gasteiger partial charge in [-0.25, -0.2) is 4.98 Å². The Morgan fingerprint density at radius 2 is 2.19 bits per heavy atom. The molecule has 1 aromatic heterocycles. The number of rotatable bonds is 6. The molecule has 6 heteroatoms. The fraction of sp³-hybridized carbons (Fsp3) is 0.400. The van der Waals surface area contributed by atoms with Crippen LogP contribution in [0.1, 0.15) is 36.9 Å². The van der Waals surface area contributed by atoms with E-state index in [4.69, 9.17) is 9.47 Å². The minimum absolute atomic E-state index is 0.189. The highest BCUT2D eigenvalue weighted by Gasteiger charge is 2.21. The molecular weight excluding hydrogens is 328 g/mol. The van der Waals surface area contributed by atoms with Gasteiger partial charge in [-0.15, -0.1) is 0 Å². The van der Waals surface area contributed by atoms with Crippen molar-refractivity contribution in [2.45, 2.75) is 32.4 Å². The molecule has 2 N–H and O–H groups in total. The molecule has 1 unspecified atom stereocenters. The Kier molecular flexibility index (Phi) is 6.30. The summed E-state index contributed by atoms with van der Waals surface area (Å²) >= 11 is 0. The first kappa shape index (κ1) is 18.0. The number of nitrogens with one attached hydrogen (secondary N) is 2. The number of aliphatic imine (C=N–C) groups is 1. The minimum atomic E-state index is 0.189. The van der Waals surface area contributed by atoms with E-state index in [-0.39, 0.29) is 6.04 Å². The number of ether oxygens (including phenoxy) is 2. The van der Waals surface area contributed by atoms with E-state index >= 15 is 0 Å². The van der Waals surface area contributed by atoms with Gasteiger partial charge < -0.3 is 20.1 Å². The average Bonchev–Trinajstić information content (AvgIpc) is 2.70. The van der Waals surface area contributed by atoms with Crippen molar-refractivity contribution in [1.82, 2.24) is 15.6 Å². The molecule has 1 aliphatic rings. The van der Waals surface area contributed by atoms with Gasteiger partial charge in [0.15, 0.2) is 5.96 Å². The van der Waals surface area contributed by atoms with Crippen molar-refractivity contribution in [2.24, 2.45) is 4.99 Å². The fourth-order valence-corrected chi connectivity index (χ4v) is 2.84. The lowest BCUT2D eigenvalue weighted by Crippen LogP contribution is -2.40. The Morgan fingerprint density at radius 1 is 1.31 bits per heavy atom. The van der Waals surface area contributed by atoms with Gasteiger partial charge in [0.2, 0.25) is 5.88 Å². The molecule has 2 heterocycles. The zero-order valence-corrected chi connectivity index (χ0v) is 15.4. The van der Waals surface area contributed by atoms with Gasteiger partial charge in [0.25, 0.3) is 0 Å². The van der Waals surface area contributed by atoms with Crippen LogP contribution in [0.25, 0.3) is 0 Å². The van der Waals surface area contributed by atoms with Crippen molar-refractivity contribution < 1.29 is 9.47 Å². The van der Waals surface area contributed by atoms with Crippen LogP contribution >= 0.6 is 0 Å². The molecule has 0 amide bonds. The largest absolute Gasteiger partial charge is 0.493 e. The summed E-state index contributed by atoms with van der Waals surface area (Å²) in [6, 6.07) is 12.2. The van der Waals surface area contributed by atoms with Crippen molar-refractivity contribution in [3.05, 3.63) is 53.7 Å². The third kappa shape index (κ3) is 4.65. The number of aromatic nitrogens is 1. The molecule has 0 fully saturated rings. The minimum Gasteiger partial charge on any atom is -0.493 e. The van der Waals surface area contributed by atoms with Crippen LogP contribution in [-0.4, -0.2) is 31.2 Å². The summed E-state index contributed by atoms with van der Waals surface area (Å²) in [6.07, 6.45) is 3.71. The number of nitrogens with zero attached hydrogens (tertiary/aromatic N) is 2. The van der Waals surface area contributed by atoms with Crippen LogP contribution < -0.4 is 20.1 Å². The Bertz CT molecular complexity index is 731. The van der Waals surface area contributed by atoms with Crippen molar-refractivity contribution in [1.29, 1.82) is 0 Å². The third-order valence-electron chi connectivity index (χ3n) is 4.20. The maximum Gasteiger partial charge on any atom is 0.213 e. The Labute approximate surface area is 154 Å². The lowest BCUT2D eigenvalue weighted by molar-refractivity contribution is 0.261. The van der Waals surface area contributed by atoms with Crippen molar-refractivity contribution >= 4 is 5.96 Å². The van der Waals surface area contributed by atoms with Gasteiger partial charge >= 0.3 is 0 Å². The number of para-hydroxylation sites is 1. The van der Waals surface area contributed by atoms with Gasteiger partial charge in [-0.1, -0.05) is 31.2 Å². The normalized spacial score (nSPS) is 16.4. The molecule has 1 aliphatic heterocycles. The predicted octanol–water partition coefficient (Wildman–Crippen LogP) is 3.06. The number of guanidine groups is 1. The first-order chi connectivity index (χ1) is 12.8. The first-order valence-electron chi connectivity index (χ1n) is 9.06. The topological polar surface area (TPSA) is 67.8 Å². The van der Waals surface area contributed by atoms with Crippen LogP contribution in [0.2, 0.25) is 0 Å². The summed E-state index contributed by atoms with van der Waals surface area (Å²) in [5.41, 5.74) is 2.24. The maximum atomic E-state index is 5.72. The molecule has 0 spiro atoms. The van der Waals surface area contributed by atoms with Crippen LogP contribution in [0.3, 0.4) is 0 Å². The van der Waals surface area contributed by atoms with E-state index in [0.717, 1.165) is 30.1 Å². The van der Waals surface area contributed by atoms with Crippen LogP contribution in [0.15, 0.2) is 47.6 Å². The van der Waals surface area contributed by atoms with E-state index in [1.807, 2.05) is 36.5 Å². The van der Waals surface area contributed by atoms with E-state index in [0.29, 0.717) is 25.6 Å². The lowest BCUT2D eigenvalue weighted by atomic mass is 10.0. The summed E-state index contributed by atoms with van der Waals surface area (Å²) in [7, 11) is 1.78. The quantitative estimate of drug-likeness (QED) is 0.616. The summed E-state index contributed by atoms with van der Waals surface area (Å²) in [6.45, 7) is 4.11. The summed E-state index contributed by atoms with van der Waals surface area (Å²) in [4.78, 5) is 8.66. The molecule has 0 saturated carbocycles. The van der Waals surface area contributed by atoms with Crippen molar-refractivity contribution in [2.75, 3.05) is 20.3 Å². The molecule has 1 aromatic carbocycles. The average molecular weight is 354 g/mol. The van der Waals surface area contributed by atoms with Gasteiger partial charge in [-0.2, -0.15) is 0 Å². The number of pyridine rings is 1. The van der Waals surface area contributed by atoms with Crippen molar-refractivity contribution in [3.8, 4) is 11.6 Å². The van der Waals surface area contributed by atoms with Gasteiger partial charge in [-0.3, -0.25) is 4.99 Å². The zero-order chi connectivity index (χ0) is 18.2. The second-order valence-corrected chi connectivity index (χ2v) is 6.15. The molecule has 0 saturated heterocycles. The highest BCUT2D eigenvalue weighted by molar-refractivity contribution is 5.80. The summed E-state index contributed by atoms with van der Waals surface area (Å²) in [5, 5.41) is 6.83. The van der Waals surface area contributed by atoms with Gasteiger partial charge in [0.1, 0.15) is 5.75 Å². The monoisotopic (exact) mass is 354 g/mol. The molecule has 3 rings (SSSR count). The number of fused-ring (bicyclic) bond motifs is 1. The Hall–Kier alpha value is -2.76. The molecule has 1 atom stereocenters. The number of hydrogen-bond acceptors (Lipinski definition) is 4. The van der Waals surface area contributed by atoms with Gasteiger partial charge in [0.05, 0.1) is 19.3 Å². The smallest absolute Gasteiger partial charge is 0.213 e. The highest BCUT2D eigenvalue weighted by Crippen LogP contribution is 2.31. The summed E-state index contributed by atoms with van der Waals surface area (Å²) < 4.78 is 11.2. The van der Waals surface area contributed by atoms with E-state index in [2.05, 4.69) is 33.6 Å². The molecular formula is C20H26N4O2. The molecule has 0 radical (unpaired) electrons. The van der Waals surface area contributed by atoms with E-state index < -0.39 is 0 Å². The second kappa shape index (κ2) is 9.08. The van der Waals surface area contributed by atoms with Gasteiger partial charge in [0, 0.05) is 37.8 Å². The Morgan fingerprint density at radius 3 is 2.96 bits per heavy atom. The second-order valence-electron chi connectivity index (χ2n) is 6.15. The fourth-order valence-electron chi connectivity index (χ4n) is 2.84. The molecule has 26 heavy (non-hydrogen) atoms. The SMILES string of the molecule is CCCOc1ccc(CNC(=NC)NC2CCOc3ccccc32)cn1. The molecule has 6 nitrogen and oxygen atoms in total. The molecule has 2 aromatic rings. The zero-order valence-electron chi connectivity index (χ0n) is 15.4. The first-order valence-corrected chi connectivity index (χ1v) is 9.06. The molecule has 0 aliphatic carbocycles. The maximum absolute atomic E-state index is 5.72. The van der Waals surface area contributed by atoms with Crippen LogP contribution in [0.5, 0.6) is 11.6 Å². The van der Waals surface area contributed by atoms with Crippen LogP contribution in [-0.2, 0) is 6.54 Å². The highest BCUT2D eigenvalue weighted by atomic mass is 16.5. The summed E-state index contributed by atoms with van der Waals surface area (Å²) in [5.74, 6) is 2.37. The molecule has 0 bridgehead atoms. The predicted molar refractivity (Wildman–Crippen MR) is 103 cm³/mol. The lowest BCUT2D eigenvalue weighted by Gasteiger charge is -2.28. The third-order valence-corrected chi connectivity index (χ3v) is 4.20.